The van der Waals surface area contributed by atoms with Gasteiger partial charge in [-0.2, -0.15) is 0 Å². The molecule has 0 unspecified atom stereocenters. The van der Waals surface area contributed by atoms with Crippen molar-refractivity contribution in [1.29, 1.82) is 0 Å². The summed E-state index contributed by atoms with van der Waals surface area (Å²) < 4.78 is 0. The molecule has 4 nitrogen and oxygen atoms in total. The molecular formula is C8H10N4. The van der Waals surface area contributed by atoms with Crippen LogP contribution in [0.15, 0.2) is 12.5 Å². The van der Waals surface area contributed by atoms with Crippen LogP contribution in [0.3, 0.4) is 0 Å². The van der Waals surface area contributed by atoms with E-state index in [1.165, 1.54) is 0 Å². The average molecular weight is 162 g/mol. The number of aromatic nitrogens is 2. The molecule has 1 aromatic heterocycles. The molecule has 0 spiro atoms. The van der Waals surface area contributed by atoms with Gasteiger partial charge in [-0.15, -0.1) is 0 Å². The molecule has 62 valence electrons. The number of anilines is 1. The van der Waals surface area contributed by atoms with E-state index in [2.05, 4.69) is 20.6 Å². The summed E-state index contributed by atoms with van der Waals surface area (Å²) in [6.45, 7) is 0.781. The highest BCUT2D eigenvalue weighted by Gasteiger charge is 2.09. The summed E-state index contributed by atoms with van der Waals surface area (Å²) in [7, 11) is 1.86. The first-order valence-corrected chi connectivity index (χ1v) is 3.83. The van der Waals surface area contributed by atoms with Gasteiger partial charge in [-0.1, -0.05) is 0 Å². The Kier molecular flexibility index (Phi) is 1.66. The molecule has 2 heterocycles. The number of fused-ring (bicyclic) bond motifs is 1. The quantitative estimate of drug-likeness (QED) is 0.634. The average Bonchev–Trinajstić information content (AvgIpc) is 2.17. The van der Waals surface area contributed by atoms with E-state index in [0.29, 0.717) is 0 Å². The van der Waals surface area contributed by atoms with Gasteiger partial charge in [-0.25, -0.2) is 9.97 Å². The molecule has 1 aliphatic rings. The lowest BCUT2D eigenvalue weighted by atomic mass is 10.1. The maximum absolute atomic E-state index is 4.16. The topological polar surface area (TPSA) is 49.8 Å². The van der Waals surface area contributed by atoms with Gasteiger partial charge in [0.1, 0.15) is 12.1 Å². The molecule has 12 heavy (non-hydrogen) atoms. The molecule has 1 aliphatic heterocycles. The van der Waals surface area contributed by atoms with Crippen molar-refractivity contribution in [2.24, 2.45) is 0 Å². The predicted molar refractivity (Wildman–Crippen MR) is 47.5 cm³/mol. The summed E-state index contributed by atoms with van der Waals surface area (Å²) in [5.41, 5.74) is 2.12. The lowest BCUT2D eigenvalue weighted by Gasteiger charge is -2.12. The molecule has 0 bridgehead atoms. The summed E-state index contributed by atoms with van der Waals surface area (Å²) in [6.07, 6.45) is 5.46. The number of hydrogen-bond acceptors (Lipinski definition) is 4. The van der Waals surface area contributed by atoms with Crippen LogP contribution in [0.5, 0.6) is 0 Å². The zero-order valence-electron chi connectivity index (χ0n) is 6.83. The molecule has 0 fully saturated rings. The van der Waals surface area contributed by atoms with Gasteiger partial charge >= 0.3 is 0 Å². The lowest BCUT2D eigenvalue weighted by Crippen LogP contribution is -2.14. The second kappa shape index (κ2) is 2.81. The largest absolute Gasteiger partial charge is 0.385 e. The normalized spacial score (nSPS) is 13.4. The van der Waals surface area contributed by atoms with Gasteiger partial charge in [0, 0.05) is 12.6 Å². The van der Waals surface area contributed by atoms with Crippen molar-refractivity contribution in [3.63, 3.8) is 0 Å². The molecule has 2 rings (SSSR count). The van der Waals surface area contributed by atoms with E-state index in [1.54, 1.807) is 6.33 Å². The summed E-state index contributed by atoms with van der Waals surface area (Å²) in [4.78, 5) is 8.27. The number of rotatable bonds is 1. The van der Waals surface area contributed by atoms with Crippen LogP contribution in [-0.4, -0.2) is 17.0 Å². The molecule has 0 saturated carbocycles. The molecule has 0 aliphatic carbocycles. The van der Waals surface area contributed by atoms with Gasteiger partial charge in [0.15, 0.2) is 0 Å². The van der Waals surface area contributed by atoms with Crippen LogP contribution in [0.2, 0.25) is 0 Å². The number of hydrogen-bond donors (Lipinski definition) is 2. The minimum atomic E-state index is 0.781. The Balaban J connectivity index is 2.54. The monoisotopic (exact) mass is 162 g/mol. The number of nitrogens with one attached hydrogen (secondary N) is 2. The zero-order valence-corrected chi connectivity index (χ0v) is 6.83. The number of nitrogens with zero attached hydrogens (tertiary/aromatic N) is 2. The van der Waals surface area contributed by atoms with Crippen molar-refractivity contribution < 1.29 is 0 Å². The Morgan fingerprint density at radius 3 is 3.25 bits per heavy atom. The fourth-order valence-corrected chi connectivity index (χ4v) is 1.25. The Bertz CT molecular complexity index is 319. The van der Waals surface area contributed by atoms with Gasteiger partial charge in [0.2, 0.25) is 0 Å². The van der Waals surface area contributed by atoms with Crippen LogP contribution in [0.1, 0.15) is 11.3 Å². The minimum Gasteiger partial charge on any atom is -0.385 e. The van der Waals surface area contributed by atoms with E-state index < -0.39 is 0 Å². The van der Waals surface area contributed by atoms with Crippen LogP contribution in [0, 0.1) is 0 Å². The van der Waals surface area contributed by atoms with E-state index in [-0.39, 0.29) is 0 Å². The standard InChI is InChI=1S/C8H10N4/c1-9-8-6-2-3-10-4-7(6)11-5-12-8/h2-3,5,10H,4H2,1H3,(H,9,11,12). The predicted octanol–water partition coefficient (Wildman–Crippen LogP) is 0.592. The van der Waals surface area contributed by atoms with Crippen LogP contribution in [-0.2, 0) is 6.54 Å². The molecular weight excluding hydrogens is 152 g/mol. The third kappa shape index (κ3) is 1.01. The highest BCUT2D eigenvalue weighted by Crippen LogP contribution is 2.18. The Morgan fingerprint density at radius 2 is 2.42 bits per heavy atom. The first-order chi connectivity index (χ1) is 5.92. The maximum Gasteiger partial charge on any atom is 0.136 e. The van der Waals surface area contributed by atoms with E-state index >= 15 is 0 Å². The fraction of sp³-hybridized carbons (Fsp3) is 0.250. The molecule has 0 aromatic carbocycles. The SMILES string of the molecule is CNc1ncnc2c1C=CNC2. The molecule has 2 N–H and O–H groups in total. The van der Waals surface area contributed by atoms with Crippen LogP contribution < -0.4 is 10.6 Å². The van der Waals surface area contributed by atoms with Gasteiger partial charge in [0.05, 0.1) is 12.2 Å². The minimum absolute atomic E-state index is 0.781. The second-order valence-electron chi connectivity index (χ2n) is 2.55. The molecule has 0 amide bonds. The first kappa shape index (κ1) is 7.09. The van der Waals surface area contributed by atoms with Crippen molar-refractivity contribution in [3.05, 3.63) is 23.8 Å². The summed E-state index contributed by atoms with van der Waals surface area (Å²) in [5, 5.41) is 6.12. The summed E-state index contributed by atoms with van der Waals surface area (Å²) in [6, 6.07) is 0. The fourth-order valence-electron chi connectivity index (χ4n) is 1.25. The molecule has 1 aromatic rings. The van der Waals surface area contributed by atoms with Crippen molar-refractivity contribution >= 4 is 11.9 Å². The van der Waals surface area contributed by atoms with Crippen molar-refractivity contribution in [1.82, 2.24) is 15.3 Å². The van der Waals surface area contributed by atoms with Gasteiger partial charge in [-0.05, 0) is 12.3 Å². The summed E-state index contributed by atoms with van der Waals surface area (Å²) in [5.74, 6) is 0.887. The Labute approximate surface area is 70.7 Å². The van der Waals surface area contributed by atoms with E-state index in [9.17, 15) is 0 Å². The smallest absolute Gasteiger partial charge is 0.136 e. The van der Waals surface area contributed by atoms with Crippen LogP contribution >= 0.6 is 0 Å². The highest BCUT2D eigenvalue weighted by molar-refractivity contribution is 5.65. The van der Waals surface area contributed by atoms with Crippen LogP contribution in [0.4, 0.5) is 5.82 Å². The lowest BCUT2D eigenvalue weighted by molar-refractivity contribution is 0.816. The second-order valence-corrected chi connectivity index (χ2v) is 2.55. The van der Waals surface area contributed by atoms with Gasteiger partial charge < -0.3 is 10.6 Å². The van der Waals surface area contributed by atoms with Crippen molar-refractivity contribution in [2.75, 3.05) is 12.4 Å². The van der Waals surface area contributed by atoms with E-state index in [0.717, 1.165) is 23.6 Å². The maximum atomic E-state index is 4.16. The Hall–Kier alpha value is -1.58. The molecule has 0 atom stereocenters. The van der Waals surface area contributed by atoms with Crippen molar-refractivity contribution in [2.45, 2.75) is 6.54 Å². The highest BCUT2D eigenvalue weighted by atomic mass is 15.0. The van der Waals surface area contributed by atoms with Crippen LogP contribution in [0.25, 0.3) is 6.08 Å². The van der Waals surface area contributed by atoms with E-state index in [4.69, 9.17) is 0 Å². The Morgan fingerprint density at radius 1 is 1.50 bits per heavy atom. The summed E-state index contributed by atoms with van der Waals surface area (Å²) >= 11 is 0. The molecule has 4 heteroatoms. The third-order valence-electron chi connectivity index (χ3n) is 1.84. The zero-order chi connectivity index (χ0) is 8.39. The van der Waals surface area contributed by atoms with Gasteiger partial charge in [-0.3, -0.25) is 0 Å². The molecule has 0 radical (unpaired) electrons. The third-order valence-corrected chi connectivity index (χ3v) is 1.84. The first-order valence-electron chi connectivity index (χ1n) is 3.83. The molecule has 0 saturated heterocycles. The van der Waals surface area contributed by atoms with E-state index in [1.807, 2.05) is 19.3 Å². The van der Waals surface area contributed by atoms with Crippen molar-refractivity contribution in [3.8, 4) is 0 Å². The van der Waals surface area contributed by atoms with Gasteiger partial charge in [0.25, 0.3) is 0 Å².